The molecule has 1 aromatic rings. The lowest BCUT2D eigenvalue weighted by Gasteiger charge is -2.06. The summed E-state index contributed by atoms with van der Waals surface area (Å²) in [4.78, 5) is 15.5. The zero-order chi connectivity index (χ0) is 14.3. The molecule has 0 aliphatic heterocycles. The maximum absolute atomic E-state index is 11.8. The molecular weight excluding hydrogens is 242 g/mol. The van der Waals surface area contributed by atoms with Gasteiger partial charge in [0.1, 0.15) is 0 Å². The Hall–Kier alpha value is -2.56. The molecule has 0 fully saturated rings. The number of allylic oxidation sites excluding steroid dienone is 2. The van der Waals surface area contributed by atoms with E-state index in [9.17, 15) is 4.79 Å². The fourth-order valence-electron chi connectivity index (χ4n) is 1.48. The lowest BCUT2D eigenvalue weighted by Crippen LogP contribution is -2.08. The highest BCUT2D eigenvalue weighted by molar-refractivity contribution is 5.91. The minimum Gasteiger partial charge on any atom is -0.462 e. The predicted octanol–water partition coefficient (Wildman–Crippen LogP) is 2.17. The van der Waals surface area contributed by atoms with Crippen molar-refractivity contribution in [3.8, 4) is 0 Å². The molecule has 5 nitrogen and oxygen atoms in total. The molecule has 0 spiro atoms. The molecule has 0 heterocycles. The molecular formula is C14H17N3O2. The van der Waals surface area contributed by atoms with E-state index in [-0.39, 0.29) is 6.61 Å². The van der Waals surface area contributed by atoms with Gasteiger partial charge in [-0.2, -0.15) is 0 Å². The molecule has 100 valence electrons. The molecule has 0 saturated carbocycles. The van der Waals surface area contributed by atoms with Gasteiger partial charge in [-0.3, -0.25) is 4.99 Å². The Morgan fingerprint density at radius 2 is 1.95 bits per heavy atom. The van der Waals surface area contributed by atoms with E-state index in [1.54, 1.807) is 18.2 Å². The Balaban J connectivity index is 2.58. The molecule has 0 saturated heterocycles. The smallest absolute Gasteiger partial charge is 0.338 e. The van der Waals surface area contributed by atoms with Gasteiger partial charge in [0.25, 0.3) is 0 Å². The second kappa shape index (κ2) is 7.00. The van der Waals surface area contributed by atoms with Crippen molar-refractivity contribution in [3.05, 3.63) is 48.2 Å². The topological polar surface area (TPSA) is 90.7 Å². The summed E-state index contributed by atoms with van der Waals surface area (Å²) in [5.41, 5.74) is 13.1. The average Bonchev–Trinajstić information content (AvgIpc) is 2.36. The first kappa shape index (κ1) is 14.5. The van der Waals surface area contributed by atoms with E-state index in [4.69, 9.17) is 16.2 Å². The monoisotopic (exact) mass is 259 g/mol. The van der Waals surface area contributed by atoms with Crippen LogP contribution in [0.5, 0.6) is 0 Å². The molecule has 0 unspecified atom stereocenters. The van der Waals surface area contributed by atoms with Gasteiger partial charge in [-0.1, -0.05) is 12.7 Å². The quantitative estimate of drug-likeness (QED) is 0.354. The maximum atomic E-state index is 11.8. The highest BCUT2D eigenvalue weighted by atomic mass is 16.5. The van der Waals surface area contributed by atoms with E-state index in [2.05, 4.69) is 18.3 Å². The lowest BCUT2D eigenvalue weighted by molar-refractivity contribution is 0.0509. The van der Waals surface area contributed by atoms with Crippen molar-refractivity contribution in [2.75, 3.05) is 18.1 Å². The summed E-state index contributed by atoms with van der Waals surface area (Å²) in [7, 11) is 0. The molecule has 0 aliphatic rings. The van der Waals surface area contributed by atoms with Crippen molar-refractivity contribution in [2.24, 2.45) is 4.99 Å². The van der Waals surface area contributed by atoms with Crippen LogP contribution < -0.4 is 11.5 Å². The predicted molar refractivity (Wildman–Crippen MR) is 78.0 cm³/mol. The minimum atomic E-state index is -0.471. The van der Waals surface area contributed by atoms with Gasteiger partial charge >= 0.3 is 5.97 Å². The Kier molecular flexibility index (Phi) is 5.35. The Morgan fingerprint density at radius 1 is 1.32 bits per heavy atom. The van der Waals surface area contributed by atoms with Crippen molar-refractivity contribution in [1.29, 1.82) is 0 Å². The minimum absolute atomic E-state index is 0.201. The molecule has 5 heteroatoms. The third kappa shape index (κ3) is 4.67. The van der Waals surface area contributed by atoms with Crippen LogP contribution >= 0.6 is 0 Å². The van der Waals surface area contributed by atoms with E-state index >= 15 is 0 Å². The number of ether oxygens (including phenoxy) is 1. The van der Waals surface area contributed by atoms with E-state index in [1.807, 2.05) is 0 Å². The highest BCUT2D eigenvalue weighted by Gasteiger charge is 2.08. The zero-order valence-electron chi connectivity index (χ0n) is 10.6. The van der Waals surface area contributed by atoms with Crippen molar-refractivity contribution < 1.29 is 9.53 Å². The van der Waals surface area contributed by atoms with Crippen LogP contribution in [-0.2, 0) is 4.74 Å². The van der Waals surface area contributed by atoms with Crippen LogP contribution in [0.1, 0.15) is 16.8 Å². The number of carbonyl (C=O) groups excluding carboxylic acids is 1. The first-order valence-electron chi connectivity index (χ1n) is 5.68. The van der Waals surface area contributed by atoms with Crippen LogP contribution in [0.4, 0.5) is 11.4 Å². The summed E-state index contributed by atoms with van der Waals surface area (Å²) in [5, 5.41) is 0. The summed E-state index contributed by atoms with van der Waals surface area (Å²) >= 11 is 0. The Morgan fingerprint density at radius 3 is 2.47 bits per heavy atom. The van der Waals surface area contributed by atoms with E-state index in [0.29, 0.717) is 29.1 Å². The number of esters is 1. The highest BCUT2D eigenvalue weighted by Crippen LogP contribution is 2.15. The van der Waals surface area contributed by atoms with Crippen LogP contribution in [0.15, 0.2) is 47.6 Å². The molecule has 4 N–H and O–H groups in total. The fraction of sp³-hybridized carbons (Fsp3) is 0.143. The van der Waals surface area contributed by atoms with E-state index in [0.717, 1.165) is 0 Å². The fourth-order valence-corrected chi connectivity index (χ4v) is 1.48. The average molecular weight is 259 g/mol. The van der Waals surface area contributed by atoms with Crippen molar-refractivity contribution in [3.63, 3.8) is 0 Å². The number of anilines is 2. The third-order valence-electron chi connectivity index (χ3n) is 2.32. The van der Waals surface area contributed by atoms with Gasteiger partial charge in [-0.05, 0) is 31.0 Å². The number of nitrogens with two attached hydrogens (primary N) is 2. The second-order valence-electron chi connectivity index (χ2n) is 3.83. The van der Waals surface area contributed by atoms with Crippen LogP contribution in [0, 0.1) is 0 Å². The molecule has 0 radical (unpaired) electrons. The first-order chi connectivity index (χ1) is 9.06. The van der Waals surface area contributed by atoms with Gasteiger partial charge in [0.15, 0.2) is 0 Å². The SMILES string of the molecule is C=C/C=C(/CCOC(=O)c1cc(N)cc(N)c1)N=C. The molecule has 1 aromatic carbocycles. The molecule has 0 atom stereocenters. The van der Waals surface area contributed by atoms with Crippen LogP contribution in [0.2, 0.25) is 0 Å². The molecule has 0 aromatic heterocycles. The van der Waals surface area contributed by atoms with Gasteiger partial charge in [-0.15, -0.1) is 0 Å². The molecule has 0 amide bonds. The van der Waals surface area contributed by atoms with Crippen LogP contribution in [0.3, 0.4) is 0 Å². The summed E-state index contributed by atoms with van der Waals surface area (Å²) in [6.45, 7) is 7.18. The normalized spacial score (nSPS) is 10.8. The number of nitrogen functional groups attached to an aromatic ring is 2. The number of hydrogen-bond donors (Lipinski definition) is 2. The number of carbonyl (C=O) groups is 1. The number of nitrogens with zero attached hydrogens (tertiary/aromatic N) is 1. The van der Waals surface area contributed by atoms with E-state index in [1.165, 1.54) is 12.1 Å². The maximum Gasteiger partial charge on any atom is 0.338 e. The molecule has 1 rings (SSSR count). The molecule has 0 aliphatic carbocycles. The Labute approximate surface area is 112 Å². The Bertz CT molecular complexity index is 501. The van der Waals surface area contributed by atoms with Crippen molar-refractivity contribution in [2.45, 2.75) is 6.42 Å². The lowest BCUT2D eigenvalue weighted by atomic mass is 10.2. The largest absolute Gasteiger partial charge is 0.462 e. The van der Waals surface area contributed by atoms with Gasteiger partial charge in [0, 0.05) is 23.5 Å². The van der Waals surface area contributed by atoms with Gasteiger partial charge in [-0.25, -0.2) is 4.79 Å². The van der Waals surface area contributed by atoms with Crippen molar-refractivity contribution in [1.82, 2.24) is 0 Å². The van der Waals surface area contributed by atoms with Gasteiger partial charge in [0.05, 0.1) is 12.2 Å². The zero-order valence-corrected chi connectivity index (χ0v) is 10.6. The standard InChI is InChI=1S/C14H17N3O2/c1-3-4-13(17-2)5-6-19-14(18)10-7-11(15)9-12(16)8-10/h3-4,7-9H,1-2,5-6,15-16H2/b13-4-. The molecule has 0 bridgehead atoms. The van der Waals surface area contributed by atoms with Crippen LogP contribution in [-0.4, -0.2) is 19.3 Å². The number of benzene rings is 1. The van der Waals surface area contributed by atoms with E-state index < -0.39 is 5.97 Å². The summed E-state index contributed by atoms with van der Waals surface area (Å²) in [5.74, 6) is -0.471. The van der Waals surface area contributed by atoms with Crippen molar-refractivity contribution >= 4 is 24.1 Å². The summed E-state index contributed by atoms with van der Waals surface area (Å²) in [6.07, 6.45) is 3.78. The van der Waals surface area contributed by atoms with Gasteiger partial charge < -0.3 is 16.2 Å². The number of hydrogen-bond acceptors (Lipinski definition) is 5. The first-order valence-corrected chi connectivity index (χ1v) is 5.68. The number of aliphatic imine (C=N–C) groups is 1. The van der Waals surface area contributed by atoms with Crippen LogP contribution in [0.25, 0.3) is 0 Å². The summed E-state index contributed by atoms with van der Waals surface area (Å²) < 4.78 is 5.10. The molecule has 19 heavy (non-hydrogen) atoms. The summed E-state index contributed by atoms with van der Waals surface area (Å²) in [6, 6.07) is 4.61. The second-order valence-corrected chi connectivity index (χ2v) is 3.83. The third-order valence-corrected chi connectivity index (χ3v) is 2.32. The number of rotatable bonds is 6. The van der Waals surface area contributed by atoms with Gasteiger partial charge in [0.2, 0.25) is 0 Å².